The molecule has 1 saturated heterocycles. The van der Waals surface area contributed by atoms with Crippen molar-refractivity contribution in [3.63, 3.8) is 0 Å². The van der Waals surface area contributed by atoms with Crippen molar-refractivity contribution in [2.75, 3.05) is 13.2 Å². The van der Waals surface area contributed by atoms with Crippen LogP contribution in [0.15, 0.2) is 40.3 Å². The number of allylic oxidation sites excluding steroid dienone is 2. The first kappa shape index (κ1) is 17.3. The van der Waals surface area contributed by atoms with Crippen molar-refractivity contribution < 1.29 is 18.0 Å². The number of imide groups is 1. The molecule has 1 aromatic rings. The second-order valence-electron chi connectivity index (χ2n) is 6.00. The Morgan fingerprint density at radius 3 is 2.58 bits per heavy atom. The monoisotopic (exact) mass is 367 g/mol. The fourth-order valence-electron chi connectivity index (χ4n) is 3.04. The Bertz CT molecular complexity index is 716. The van der Waals surface area contributed by atoms with E-state index in [1.54, 1.807) is 18.2 Å². The molecular weight excluding hydrogens is 350 g/mol. The first-order chi connectivity index (χ1) is 11.5. The Morgan fingerprint density at radius 1 is 1.21 bits per heavy atom. The third-order valence-electron chi connectivity index (χ3n) is 4.38. The molecule has 0 bridgehead atoms. The number of amides is 2. The van der Waals surface area contributed by atoms with Crippen LogP contribution in [0.2, 0.25) is 0 Å². The summed E-state index contributed by atoms with van der Waals surface area (Å²) in [6, 6.07) is 7.18. The zero-order valence-corrected chi connectivity index (χ0v) is 14.8. The van der Waals surface area contributed by atoms with Crippen LogP contribution in [-0.2, 0) is 24.9 Å². The molecule has 3 rings (SSSR count). The third-order valence-corrected chi connectivity index (χ3v) is 5.73. The molecule has 128 valence electrons. The molecule has 1 aromatic carbocycles. The van der Waals surface area contributed by atoms with Gasteiger partial charge >= 0.3 is 0 Å². The van der Waals surface area contributed by atoms with E-state index in [9.17, 15) is 13.8 Å². The largest absolute Gasteiger partial charge is 0.285 e. The molecule has 2 amide bonds. The SMILES string of the molecule is Cc1ccc([S@@](=O)OCCN2C(=O)[C@H]3CC(Cl)=CC[C@H]3C2=O)cc1. The maximum absolute atomic E-state index is 12.4. The molecule has 0 aromatic heterocycles. The van der Waals surface area contributed by atoms with Crippen LogP contribution >= 0.6 is 11.6 Å². The van der Waals surface area contributed by atoms with E-state index >= 15 is 0 Å². The van der Waals surface area contributed by atoms with Crippen molar-refractivity contribution in [1.29, 1.82) is 0 Å². The average molecular weight is 368 g/mol. The molecule has 0 N–H and O–H groups in total. The third kappa shape index (κ3) is 3.45. The molecule has 5 nitrogen and oxygen atoms in total. The number of rotatable bonds is 5. The highest BCUT2D eigenvalue weighted by Gasteiger charge is 2.48. The van der Waals surface area contributed by atoms with Crippen LogP contribution in [0, 0.1) is 18.8 Å². The Kier molecular flexibility index (Phi) is 5.18. The van der Waals surface area contributed by atoms with Gasteiger partial charge in [-0.25, -0.2) is 4.21 Å². The summed E-state index contributed by atoms with van der Waals surface area (Å²) in [7, 11) is 0. The summed E-state index contributed by atoms with van der Waals surface area (Å²) in [5, 5.41) is 0.635. The van der Waals surface area contributed by atoms with Gasteiger partial charge in [0.25, 0.3) is 0 Å². The van der Waals surface area contributed by atoms with E-state index in [0.29, 0.717) is 22.8 Å². The molecule has 3 atom stereocenters. The molecule has 1 aliphatic carbocycles. The smallest absolute Gasteiger partial charge is 0.233 e. The predicted molar refractivity (Wildman–Crippen MR) is 90.4 cm³/mol. The van der Waals surface area contributed by atoms with Crippen LogP contribution in [0.1, 0.15) is 18.4 Å². The van der Waals surface area contributed by atoms with E-state index in [2.05, 4.69) is 0 Å². The van der Waals surface area contributed by atoms with Crippen molar-refractivity contribution in [2.24, 2.45) is 11.8 Å². The lowest BCUT2D eigenvalue weighted by Crippen LogP contribution is -2.34. The molecule has 0 spiro atoms. The van der Waals surface area contributed by atoms with Gasteiger partial charge in [-0.05, 0) is 31.9 Å². The number of halogens is 1. The fourth-order valence-corrected chi connectivity index (χ4v) is 4.01. The van der Waals surface area contributed by atoms with Gasteiger partial charge in [0.2, 0.25) is 11.8 Å². The van der Waals surface area contributed by atoms with Crippen molar-refractivity contribution in [1.82, 2.24) is 4.90 Å². The van der Waals surface area contributed by atoms with Gasteiger partial charge in [-0.1, -0.05) is 35.4 Å². The van der Waals surface area contributed by atoms with Crippen molar-refractivity contribution >= 4 is 34.5 Å². The van der Waals surface area contributed by atoms with Gasteiger partial charge in [0.15, 0.2) is 11.1 Å². The van der Waals surface area contributed by atoms with Gasteiger partial charge in [0.05, 0.1) is 29.9 Å². The van der Waals surface area contributed by atoms with E-state index in [1.807, 2.05) is 19.1 Å². The molecule has 1 heterocycles. The highest BCUT2D eigenvalue weighted by atomic mass is 35.5. The lowest BCUT2D eigenvalue weighted by atomic mass is 9.85. The van der Waals surface area contributed by atoms with E-state index in [-0.39, 0.29) is 36.8 Å². The number of carbonyl (C=O) groups is 2. The topological polar surface area (TPSA) is 63.7 Å². The van der Waals surface area contributed by atoms with Crippen molar-refractivity contribution in [3.8, 4) is 0 Å². The molecule has 0 radical (unpaired) electrons. The van der Waals surface area contributed by atoms with Crippen LogP contribution in [0.25, 0.3) is 0 Å². The van der Waals surface area contributed by atoms with E-state index in [1.165, 1.54) is 4.90 Å². The number of carbonyl (C=O) groups excluding carboxylic acids is 2. The number of benzene rings is 1. The average Bonchev–Trinajstić information content (AvgIpc) is 2.79. The summed E-state index contributed by atoms with van der Waals surface area (Å²) in [4.78, 5) is 26.5. The van der Waals surface area contributed by atoms with Crippen molar-refractivity contribution in [2.45, 2.75) is 24.7 Å². The summed E-state index contributed by atoms with van der Waals surface area (Å²) >= 11 is 4.37. The molecule has 24 heavy (non-hydrogen) atoms. The lowest BCUT2D eigenvalue weighted by Gasteiger charge is -2.17. The van der Waals surface area contributed by atoms with Gasteiger partial charge in [0, 0.05) is 5.03 Å². The molecule has 7 heteroatoms. The molecule has 1 aliphatic heterocycles. The first-order valence-electron chi connectivity index (χ1n) is 7.79. The number of hydrogen-bond acceptors (Lipinski definition) is 4. The predicted octanol–water partition coefficient (Wildman–Crippen LogP) is 2.55. The maximum atomic E-state index is 12.4. The van der Waals surface area contributed by atoms with Crippen LogP contribution in [0.3, 0.4) is 0 Å². The molecule has 2 aliphatic rings. The van der Waals surface area contributed by atoms with Crippen molar-refractivity contribution in [3.05, 3.63) is 40.9 Å². The minimum Gasteiger partial charge on any atom is -0.285 e. The second kappa shape index (κ2) is 7.17. The summed E-state index contributed by atoms with van der Waals surface area (Å²) in [5.41, 5.74) is 1.07. The van der Waals surface area contributed by atoms with Crippen LogP contribution < -0.4 is 0 Å². The summed E-state index contributed by atoms with van der Waals surface area (Å²) in [5.74, 6) is -1.07. The number of hydrogen-bond donors (Lipinski definition) is 0. The summed E-state index contributed by atoms with van der Waals surface area (Å²) in [6.07, 6.45) is 2.73. The number of fused-ring (bicyclic) bond motifs is 1. The Morgan fingerprint density at radius 2 is 1.88 bits per heavy atom. The highest BCUT2D eigenvalue weighted by Crippen LogP contribution is 2.38. The highest BCUT2D eigenvalue weighted by molar-refractivity contribution is 7.80. The second-order valence-corrected chi connectivity index (χ2v) is 7.66. The minimum atomic E-state index is -1.61. The summed E-state index contributed by atoms with van der Waals surface area (Å²) < 4.78 is 17.3. The molecule has 1 fully saturated rings. The van der Waals surface area contributed by atoms with E-state index in [4.69, 9.17) is 15.8 Å². The molecule has 0 saturated carbocycles. The Hall–Kier alpha value is -1.50. The zero-order chi connectivity index (χ0) is 17.3. The number of aryl methyl sites for hydroxylation is 1. The van der Waals surface area contributed by atoms with Gasteiger partial charge < -0.3 is 0 Å². The van der Waals surface area contributed by atoms with Crippen LogP contribution in [-0.4, -0.2) is 34.1 Å². The maximum Gasteiger partial charge on any atom is 0.233 e. The van der Waals surface area contributed by atoms with Crippen LogP contribution in [0.4, 0.5) is 0 Å². The fraction of sp³-hybridized carbons (Fsp3) is 0.412. The van der Waals surface area contributed by atoms with E-state index in [0.717, 1.165) is 5.56 Å². The number of nitrogens with zero attached hydrogens (tertiary/aromatic N) is 1. The summed E-state index contributed by atoms with van der Waals surface area (Å²) in [6.45, 7) is 2.09. The zero-order valence-electron chi connectivity index (χ0n) is 13.2. The normalized spacial score (nSPS) is 24.8. The van der Waals surface area contributed by atoms with Crippen LogP contribution in [0.5, 0.6) is 0 Å². The van der Waals surface area contributed by atoms with Gasteiger partial charge in [-0.2, -0.15) is 0 Å². The minimum absolute atomic E-state index is 0.0402. The molecular formula is C17H18ClNO4S. The lowest BCUT2D eigenvalue weighted by molar-refractivity contribution is -0.140. The number of likely N-dealkylation sites (tertiary alicyclic amines) is 1. The van der Waals surface area contributed by atoms with E-state index < -0.39 is 11.1 Å². The van der Waals surface area contributed by atoms with Gasteiger partial charge in [0.1, 0.15) is 0 Å². The standard InChI is InChI=1S/C17H18ClNO4S/c1-11-2-5-13(6-3-11)24(22)23-9-8-19-16(20)14-7-4-12(18)10-15(14)17(19)21/h2-6,14-15H,7-10H2,1H3/t14-,15+,24+/m1/s1. The van der Waals surface area contributed by atoms with Gasteiger partial charge in [-0.15, -0.1) is 0 Å². The quantitative estimate of drug-likeness (QED) is 0.750. The Labute approximate surface area is 148 Å². The van der Waals surface area contributed by atoms with Gasteiger partial charge in [-0.3, -0.25) is 18.7 Å². The Balaban J connectivity index is 1.55. The first-order valence-corrected chi connectivity index (χ1v) is 9.24. The molecule has 0 unspecified atom stereocenters.